The summed E-state index contributed by atoms with van der Waals surface area (Å²) in [6.45, 7) is 0. The number of nitro benzene ring substituents is 1. The Morgan fingerprint density at radius 3 is 2.60 bits per heavy atom. The molecule has 0 atom stereocenters. The second kappa shape index (κ2) is 5.05. The van der Waals surface area contributed by atoms with Crippen LogP contribution in [0.5, 0.6) is 0 Å². The zero-order valence-corrected chi connectivity index (χ0v) is 10.4. The summed E-state index contributed by atoms with van der Waals surface area (Å²) in [7, 11) is 0. The zero-order chi connectivity index (χ0) is 11.4. The maximum absolute atomic E-state index is 10.5. The molecule has 1 aromatic rings. The van der Waals surface area contributed by atoms with Gasteiger partial charge < -0.3 is 0 Å². The molecule has 15 heavy (non-hydrogen) atoms. The van der Waals surface area contributed by atoms with Crippen molar-refractivity contribution in [3.8, 4) is 6.07 Å². The Hall–Kier alpha value is -1.19. The Balaban J connectivity index is 3.29. The molecule has 76 valence electrons. The predicted octanol–water partition coefficient (Wildman–Crippen LogP) is 3.58. The molecular weight excluding hydrogens is 328 g/mol. The van der Waals surface area contributed by atoms with E-state index in [1.807, 2.05) is 6.07 Å². The maximum Gasteiger partial charge on any atom is 0.270 e. The van der Waals surface area contributed by atoms with E-state index in [1.165, 1.54) is 18.2 Å². The summed E-state index contributed by atoms with van der Waals surface area (Å²) in [5.74, 6) is 0. The van der Waals surface area contributed by atoms with E-state index in [4.69, 9.17) is 5.26 Å². The highest BCUT2D eigenvalue weighted by molar-refractivity contribution is 9.28. The first-order valence-corrected chi connectivity index (χ1v) is 5.35. The third-order valence-corrected chi connectivity index (χ3v) is 2.44. The van der Waals surface area contributed by atoms with Gasteiger partial charge in [0.25, 0.3) is 5.69 Å². The normalized spacial score (nSPS) is 9.13. The van der Waals surface area contributed by atoms with E-state index in [2.05, 4.69) is 31.9 Å². The molecule has 0 N–H and O–H groups in total. The number of nitriles is 1. The van der Waals surface area contributed by atoms with Gasteiger partial charge in [0.15, 0.2) is 0 Å². The van der Waals surface area contributed by atoms with Gasteiger partial charge in [0.1, 0.15) is 6.07 Å². The lowest BCUT2D eigenvalue weighted by molar-refractivity contribution is -0.384. The monoisotopic (exact) mass is 330 g/mol. The fourth-order valence-corrected chi connectivity index (χ4v) is 1.63. The second-order valence-electron chi connectivity index (χ2n) is 2.55. The first kappa shape index (κ1) is 11.9. The van der Waals surface area contributed by atoms with Crippen molar-refractivity contribution >= 4 is 43.1 Å². The van der Waals surface area contributed by atoms with Crippen LogP contribution >= 0.6 is 31.9 Å². The van der Waals surface area contributed by atoms with Gasteiger partial charge in [-0.3, -0.25) is 10.1 Å². The van der Waals surface area contributed by atoms with Crippen LogP contribution in [-0.4, -0.2) is 4.92 Å². The third-order valence-electron chi connectivity index (χ3n) is 1.65. The van der Waals surface area contributed by atoms with E-state index in [-0.39, 0.29) is 5.69 Å². The van der Waals surface area contributed by atoms with Crippen LogP contribution in [0.2, 0.25) is 0 Å². The Bertz CT molecular complexity index is 473. The van der Waals surface area contributed by atoms with Crippen LogP contribution in [0, 0.1) is 21.4 Å². The fourth-order valence-electron chi connectivity index (χ4n) is 0.991. The molecule has 1 rings (SSSR count). The van der Waals surface area contributed by atoms with Gasteiger partial charge in [-0.1, -0.05) is 12.1 Å². The van der Waals surface area contributed by atoms with Crippen LogP contribution in [0.4, 0.5) is 5.69 Å². The van der Waals surface area contributed by atoms with Gasteiger partial charge in [-0.05, 0) is 31.9 Å². The van der Waals surface area contributed by atoms with Gasteiger partial charge in [0.05, 0.1) is 13.9 Å². The van der Waals surface area contributed by atoms with E-state index in [0.717, 1.165) is 0 Å². The molecule has 0 saturated heterocycles. The molecule has 6 heteroatoms. The van der Waals surface area contributed by atoms with Crippen LogP contribution < -0.4 is 0 Å². The molecule has 0 bridgehead atoms. The van der Waals surface area contributed by atoms with E-state index < -0.39 is 4.92 Å². The minimum absolute atomic E-state index is 0.0403. The molecule has 4 nitrogen and oxygen atoms in total. The summed E-state index contributed by atoms with van der Waals surface area (Å²) >= 11 is 6.21. The Morgan fingerprint density at radius 1 is 1.47 bits per heavy atom. The van der Waals surface area contributed by atoms with Crippen molar-refractivity contribution in [2.24, 2.45) is 0 Å². The Labute approximate surface area is 103 Å². The van der Waals surface area contributed by atoms with Crippen LogP contribution in [0.1, 0.15) is 5.56 Å². The lowest BCUT2D eigenvalue weighted by Gasteiger charge is -1.99. The van der Waals surface area contributed by atoms with Crippen molar-refractivity contribution in [1.82, 2.24) is 0 Å². The van der Waals surface area contributed by atoms with Gasteiger partial charge in [-0.25, -0.2) is 0 Å². The van der Waals surface area contributed by atoms with Gasteiger partial charge in [-0.2, -0.15) is 5.26 Å². The molecule has 0 heterocycles. The molecular formula is C9H4Br2N2O2. The van der Waals surface area contributed by atoms with Crippen LogP contribution in [0.15, 0.2) is 27.7 Å². The molecule has 0 aromatic heterocycles. The Kier molecular flexibility index (Phi) is 4.00. The average molecular weight is 332 g/mol. The zero-order valence-electron chi connectivity index (χ0n) is 7.28. The quantitative estimate of drug-likeness (QED) is 0.472. The van der Waals surface area contributed by atoms with Crippen molar-refractivity contribution in [3.63, 3.8) is 0 Å². The van der Waals surface area contributed by atoms with Crippen LogP contribution in [-0.2, 0) is 0 Å². The van der Waals surface area contributed by atoms with Crippen LogP contribution in [0.3, 0.4) is 0 Å². The van der Waals surface area contributed by atoms with E-state index in [0.29, 0.717) is 14.5 Å². The molecule has 0 aliphatic rings. The number of rotatable bonds is 2. The number of hydrogen-bond acceptors (Lipinski definition) is 3. The third kappa shape index (κ3) is 2.88. The van der Waals surface area contributed by atoms with Crippen molar-refractivity contribution in [2.45, 2.75) is 0 Å². The first-order valence-electron chi connectivity index (χ1n) is 3.76. The second-order valence-corrected chi connectivity index (χ2v) is 5.20. The highest BCUT2D eigenvalue weighted by Gasteiger charge is 2.10. The summed E-state index contributed by atoms with van der Waals surface area (Å²) < 4.78 is 0.470. The van der Waals surface area contributed by atoms with Crippen molar-refractivity contribution < 1.29 is 4.92 Å². The molecule has 0 fully saturated rings. The van der Waals surface area contributed by atoms with Crippen molar-refractivity contribution in [2.75, 3.05) is 0 Å². The number of hydrogen-bond donors (Lipinski definition) is 0. The SMILES string of the molecule is N#CC(=C(Br)Br)c1cccc([N+](=O)[O-])c1. The van der Waals surface area contributed by atoms with E-state index in [1.54, 1.807) is 6.07 Å². The smallest absolute Gasteiger partial charge is 0.258 e. The van der Waals surface area contributed by atoms with Crippen molar-refractivity contribution in [1.29, 1.82) is 5.26 Å². The molecule has 0 radical (unpaired) electrons. The summed E-state index contributed by atoms with van der Waals surface area (Å²) in [6.07, 6.45) is 0. The number of nitro groups is 1. The average Bonchev–Trinajstić information content (AvgIpc) is 2.18. The Morgan fingerprint density at radius 2 is 2.13 bits per heavy atom. The number of allylic oxidation sites excluding steroid dienone is 1. The minimum atomic E-state index is -0.499. The van der Waals surface area contributed by atoms with E-state index in [9.17, 15) is 10.1 Å². The van der Waals surface area contributed by atoms with Crippen molar-refractivity contribution in [3.05, 3.63) is 43.3 Å². The van der Waals surface area contributed by atoms with Gasteiger partial charge in [0.2, 0.25) is 0 Å². The standard InChI is InChI=1S/C9H4Br2N2O2/c10-9(11)8(5-12)6-2-1-3-7(4-6)13(14)15/h1-4H. The summed E-state index contributed by atoms with van der Waals surface area (Å²) in [6, 6.07) is 7.84. The summed E-state index contributed by atoms with van der Waals surface area (Å²) in [4.78, 5) is 10.0. The number of nitrogens with zero attached hydrogens (tertiary/aromatic N) is 2. The lowest BCUT2D eigenvalue weighted by Crippen LogP contribution is -1.89. The highest BCUT2D eigenvalue weighted by Crippen LogP contribution is 2.28. The number of non-ortho nitro benzene ring substituents is 1. The highest BCUT2D eigenvalue weighted by atomic mass is 79.9. The van der Waals surface area contributed by atoms with E-state index >= 15 is 0 Å². The first-order chi connectivity index (χ1) is 7.06. The molecule has 0 saturated carbocycles. The maximum atomic E-state index is 10.5. The molecule has 0 aliphatic heterocycles. The fraction of sp³-hybridized carbons (Fsp3) is 0. The largest absolute Gasteiger partial charge is 0.270 e. The molecule has 0 amide bonds. The van der Waals surface area contributed by atoms with Gasteiger partial charge in [-0.15, -0.1) is 0 Å². The molecule has 0 spiro atoms. The summed E-state index contributed by atoms with van der Waals surface area (Å²) in [5.41, 5.74) is 0.774. The lowest BCUT2D eigenvalue weighted by atomic mass is 10.1. The molecule has 1 aromatic carbocycles. The number of benzene rings is 1. The predicted molar refractivity (Wildman–Crippen MR) is 63.5 cm³/mol. The minimum Gasteiger partial charge on any atom is -0.258 e. The van der Waals surface area contributed by atoms with Gasteiger partial charge >= 0.3 is 0 Å². The topological polar surface area (TPSA) is 66.9 Å². The number of halogens is 2. The summed E-state index contributed by atoms with van der Waals surface area (Å²) in [5, 5.41) is 19.4. The van der Waals surface area contributed by atoms with Crippen LogP contribution in [0.25, 0.3) is 5.57 Å². The molecule has 0 aliphatic carbocycles. The molecule has 0 unspecified atom stereocenters. The van der Waals surface area contributed by atoms with Gasteiger partial charge in [0, 0.05) is 17.7 Å².